The topological polar surface area (TPSA) is 89.4 Å². The lowest BCUT2D eigenvalue weighted by molar-refractivity contribution is -0.140. The lowest BCUT2D eigenvalue weighted by Gasteiger charge is -2.23. The van der Waals surface area contributed by atoms with E-state index in [0.29, 0.717) is 39.2 Å². The normalized spacial score (nSPS) is 21.3. The second-order valence-corrected chi connectivity index (χ2v) is 5.67. The summed E-state index contributed by atoms with van der Waals surface area (Å²) >= 11 is 0. The average molecular weight is 307 g/mol. The highest BCUT2D eigenvalue weighted by Gasteiger charge is 2.30. The minimum Gasteiger partial charge on any atom is -0.368 e. The SMILES string of the molecule is CC(=O)NCc1nnc2n1CCN(C(=O)C1CCCO1)CC2. The van der Waals surface area contributed by atoms with Crippen molar-refractivity contribution in [1.29, 1.82) is 0 Å². The van der Waals surface area contributed by atoms with Crippen LogP contribution >= 0.6 is 0 Å². The van der Waals surface area contributed by atoms with Gasteiger partial charge in [0, 0.05) is 39.6 Å². The first kappa shape index (κ1) is 15.0. The molecule has 2 aliphatic rings. The minimum absolute atomic E-state index is 0.0830. The molecule has 120 valence electrons. The third-order valence-electron chi connectivity index (χ3n) is 4.12. The molecular formula is C14H21N5O3. The summed E-state index contributed by atoms with van der Waals surface area (Å²) in [6, 6.07) is 0. The van der Waals surface area contributed by atoms with E-state index in [1.165, 1.54) is 6.92 Å². The molecule has 1 saturated heterocycles. The highest BCUT2D eigenvalue weighted by Crippen LogP contribution is 2.17. The van der Waals surface area contributed by atoms with Crippen LogP contribution in [-0.4, -0.2) is 57.3 Å². The zero-order valence-corrected chi connectivity index (χ0v) is 12.7. The highest BCUT2D eigenvalue weighted by atomic mass is 16.5. The van der Waals surface area contributed by atoms with E-state index < -0.39 is 0 Å². The van der Waals surface area contributed by atoms with Crippen molar-refractivity contribution in [3.05, 3.63) is 11.6 Å². The van der Waals surface area contributed by atoms with Gasteiger partial charge in [-0.2, -0.15) is 0 Å². The summed E-state index contributed by atoms with van der Waals surface area (Å²) in [5.41, 5.74) is 0. The molecule has 3 rings (SSSR count). The summed E-state index contributed by atoms with van der Waals surface area (Å²) in [7, 11) is 0. The first-order chi connectivity index (χ1) is 10.6. The van der Waals surface area contributed by atoms with Crippen molar-refractivity contribution < 1.29 is 14.3 Å². The summed E-state index contributed by atoms with van der Waals surface area (Å²) in [5, 5.41) is 11.0. The van der Waals surface area contributed by atoms with Crippen molar-refractivity contribution in [2.45, 2.75) is 45.4 Å². The van der Waals surface area contributed by atoms with E-state index in [0.717, 1.165) is 24.5 Å². The van der Waals surface area contributed by atoms with Crippen LogP contribution in [0.5, 0.6) is 0 Å². The Balaban J connectivity index is 1.64. The second kappa shape index (κ2) is 6.43. The van der Waals surface area contributed by atoms with Gasteiger partial charge in [0.1, 0.15) is 11.9 Å². The van der Waals surface area contributed by atoms with Gasteiger partial charge in [-0.3, -0.25) is 9.59 Å². The second-order valence-electron chi connectivity index (χ2n) is 5.67. The van der Waals surface area contributed by atoms with Crippen molar-refractivity contribution in [1.82, 2.24) is 25.0 Å². The van der Waals surface area contributed by atoms with Crippen LogP contribution in [0.25, 0.3) is 0 Å². The minimum atomic E-state index is -0.276. The molecule has 1 aromatic heterocycles. The Hall–Kier alpha value is -1.96. The van der Waals surface area contributed by atoms with Gasteiger partial charge in [0.05, 0.1) is 6.54 Å². The average Bonchev–Trinajstić information content (AvgIpc) is 3.11. The van der Waals surface area contributed by atoms with Gasteiger partial charge < -0.3 is 19.5 Å². The smallest absolute Gasteiger partial charge is 0.251 e. The maximum Gasteiger partial charge on any atom is 0.251 e. The van der Waals surface area contributed by atoms with Gasteiger partial charge in [0.2, 0.25) is 5.91 Å². The number of rotatable bonds is 3. The van der Waals surface area contributed by atoms with Gasteiger partial charge in [-0.05, 0) is 12.8 Å². The third kappa shape index (κ3) is 3.11. The van der Waals surface area contributed by atoms with Crippen molar-refractivity contribution >= 4 is 11.8 Å². The van der Waals surface area contributed by atoms with Crippen molar-refractivity contribution in [3.63, 3.8) is 0 Å². The largest absolute Gasteiger partial charge is 0.368 e. The molecule has 0 spiro atoms. The number of carbonyl (C=O) groups excluding carboxylic acids is 2. The van der Waals surface area contributed by atoms with E-state index in [-0.39, 0.29) is 17.9 Å². The van der Waals surface area contributed by atoms with Crippen LogP contribution in [0.4, 0.5) is 0 Å². The molecule has 1 aromatic rings. The number of hydrogen-bond donors (Lipinski definition) is 1. The predicted molar refractivity (Wildman–Crippen MR) is 76.8 cm³/mol. The Labute approximate surface area is 128 Å². The molecule has 2 aliphatic heterocycles. The molecule has 3 heterocycles. The molecule has 0 aliphatic carbocycles. The first-order valence-corrected chi connectivity index (χ1v) is 7.71. The number of ether oxygens (including phenoxy) is 1. The van der Waals surface area contributed by atoms with Crippen LogP contribution in [0.1, 0.15) is 31.4 Å². The van der Waals surface area contributed by atoms with Crippen LogP contribution < -0.4 is 5.32 Å². The molecule has 1 atom stereocenters. The van der Waals surface area contributed by atoms with Crippen LogP contribution in [0.2, 0.25) is 0 Å². The van der Waals surface area contributed by atoms with E-state index in [9.17, 15) is 9.59 Å². The fourth-order valence-electron chi connectivity index (χ4n) is 2.91. The summed E-state index contributed by atoms with van der Waals surface area (Å²) in [6.07, 6.45) is 2.17. The van der Waals surface area contributed by atoms with Gasteiger partial charge in [-0.25, -0.2) is 0 Å². The standard InChI is InChI=1S/C14H21N5O3/c1-10(20)15-9-13-17-16-12-4-5-18(6-7-19(12)13)14(21)11-3-2-8-22-11/h11H,2-9H2,1H3,(H,15,20). The molecule has 1 N–H and O–H groups in total. The number of fused-ring (bicyclic) bond motifs is 1. The van der Waals surface area contributed by atoms with Crippen molar-refractivity contribution in [2.24, 2.45) is 0 Å². The highest BCUT2D eigenvalue weighted by molar-refractivity contribution is 5.81. The van der Waals surface area contributed by atoms with Crippen LogP contribution in [0.15, 0.2) is 0 Å². The predicted octanol–water partition coefficient (Wildman–Crippen LogP) is -0.522. The van der Waals surface area contributed by atoms with Crippen LogP contribution in [0.3, 0.4) is 0 Å². The van der Waals surface area contributed by atoms with Gasteiger partial charge in [-0.1, -0.05) is 0 Å². The van der Waals surface area contributed by atoms with E-state index in [2.05, 4.69) is 15.5 Å². The molecular weight excluding hydrogens is 286 g/mol. The van der Waals surface area contributed by atoms with Gasteiger partial charge in [0.25, 0.3) is 5.91 Å². The lowest BCUT2D eigenvalue weighted by atomic mass is 10.2. The van der Waals surface area contributed by atoms with Gasteiger partial charge in [0.15, 0.2) is 5.82 Å². The Morgan fingerprint density at radius 3 is 2.91 bits per heavy atom. The molecule has 0 aromatic carbocycles. The summed E-state index contributed by atoms with van der Waals surface area (Å²) in [4.78, 5) is 25.3. The number of nitrogens with zero attached hydrogens (tertiary/aromatic N) is 4. The van der Waals surface area contributed by atoms with Gasteiger partial charge in [-0.15, -0.1) is 10.2 Å². The number of nitrogens with one attached hydrogen (secondary N) is 1. The zero-order valence-electron chi connectivity index (χ0n) is 12.7. The molecule has 0 bridgehead atoms. The number of aromatic nitrogens is 3. The molecule has 22 heavy (non-hydrogen) atoms. The molecule has 1 fully saturated rings. The Kier molecular flexibility index (Phi) is 4.37. The monoisotopic (exact) mass is 307 g/mol. The Morgan fingerprint density at radius 1 is 1.32 bits per heavy atom. The zero-order chi connectivity index (χ0) is 15.5. The fraction of sp³-hybridized carbons (Fsp3) is 0.714. The summed E-state index contributed by atoms with van der Waals surface area (Å²) in [5.74, 6) is 1.58. The number of amides is 2. The third-order valence-corrected chi connectivity index (χ3v) is 4.12. The maximum atomic E-state index is 12.4. The molecule has 8 nitrogen and oxygen atoms in total. The lowest BCUT2D eigenvalue weighted by Crippen LogP contribution is -2.40. The van der Waals surface area contributed by atoms with E-state index in [1.807, 2.05) is 9.47 Å². The molecule has 8 heteroatoms. The Morgan fingerprint density at radius 2 is 2.18 bits per heavy atom. The molecule has 0 saturated carbocycles. The molecule has 1 unspecified atom stereocenters. The van der Waals surface area contributed by atoms with E-state index >= 15 is 0 Å². The number of hydrogen-bond acceptors (Lipinski definition) is 5. The van der Waals surface area contributed by atoms with E-state index in [1.54, 1.807) is 0 Å². The van der Waals surface area contributed by atoms with Crippen molar-refractivity contribution in [2.75, 3.05) is 19.7 Å². The quantitative estimate of drug-likeness (QED) is 0.811. The Bertz CT molecular complexity index is 565. The van der Waals surface area contributed by atoms with Crippen LogP contribution in [-0.2, 0) is 33.8 Å². The summed E-state index contributed by atoms with van der Waals surface area (Å²) < 4.78 is 7.48. The molecule has 2 amide bonds. The van der Waals surface area contributed by atoms with E-state index in [4.69, 9.17) is 4.74 Å². The summed E-state index contributed by atoms with van der Waals surface area (Å²) in [6.45, 7) is 4.42. The van der Waals surface area contributed by atoms with Gasteiger partial charge >= 0.3 is 0 Å². The maximum absolute atomic E-state index is 12.4. The fourth-order valence-corrected chi connectivity index (χ4v) is 2.91. The number of carbonyl (C=O) groups is 2. The van der Waals surface area contributed by atoms with Crippen LogP contribution in [0, 0.1) is 0 Å². The first-order valence-electron chi connectivity index (χ1n) is 7.71. The van der Waals surface area contributed by atoms with Crippen molar-refractivity contribution in [3.8, 4) is 0 Å². The molecule has 0 radical (unpaired) electrons.